The Balaban J connectivity index is 2.12. The molecule has 0 aliphatic rings. The molecule has 0 amide bonds. The third-order valence-electron chi connectivity index (χ3n) is 2.91. The molecule has 20 heavy (non-hydrogen) atoms. The SMILES string of the molecule is Cc1nc(CC(=O)c2cccc(OC(C)C)c2)sc1C. The van der Waals surface area contributed by atoms with Gasteiger partial charge in [-0.25, -0.2) is 4.98 Å². The predicted molar refractivity (Wildman–Crippen MR) is 81.8 cm³/mol. The Morgan fingerprint density at radius 2 is 2.10 bits per heavy atom. The summed E-state index contributed by atoms with van der Waals surface area (Å²) in [6.07, 6.45) is 0.453. The number of aromatic nitrogens is 1. The van der Waals surface area contributed by atoms with Crippen molar-refractivity contribution < 1.29 is 9.53 Å². The van der Waals surface area contributed by atoms with E-state index in [0.717, 1.165) is 16.5 Å². The Morgan fingerprint density at radius 1 is 1.35 bits per heavy atom. The second kappa shape index (κ2) is 6.18. The highest BCUT2D eigenvalue weighted by Crippen LogP contribution is 2.20. The Kier molecular flexibility index (Phi) is 4.55. The van der Waals surface area contributed by atoms with E-state index in [9.17, 15) is 4.79 Å². The molecular formula is C16H19NO2S. The van der Waals surface area contributed by atoms with Gasteiger partial charge in [0.15, 0.2) is 5.78 Å². The van der Waals surface area contributed by atoms with Crippen molar-refractivity contribution in [1.82, 2.24) is 4.98 Å². The molecule has 1 heterocycles. The summed E-state index contributed by atoms with van der Waals surface area (Å²) < 4.78 is 5.61. The number of ether oxygens (including phenoxy) is 1. The van der Waals surface area contributed by atoms with Crippen LogP contribution >= 0.6 is 11.3 Å². The van der Waals surface area contributed by atoms with E-state index in [-0.39, 0.29) is 11.9 Å². The van der Waals surface area contributed by atoms with E-state index >= 15 is 0 Å². The van der Waals surface area contributed by atoms with E-state index in [4.69, 9.17) is 4.74 Å². The monoisotopic (exact) mass is 289 g/mol. The van der Waals surface area contributed by atoms with Crippen LogP contribution in [-0.2, 0) is 6.42 Å². The Morgan fingerprint density at radius 3 is 2.70 bits per heavy atom. The molecule has 0 atom stereocenters. The zero-order valence-electron chi connectivity index (χ0n) is 12.3. The minimum atomic E-state index is 0.0768. The maximum Gasteiger partial charge on any atom is 0.169 e. The average molecular weight is 289 g/mol. The third kappa shape index (κ3) is 3.67. The quantitative estimate of drug-likeness (QED) is 0.782. The molecule has 0 spiro atoms. The summed E-state index contributed by atoms with van der Waals surface area (Å²) in [6.45, 7) is 7.93. The number of thiazole rings is 1. The van der Waals surface area contributed by atoms with Crippen molar-refractivity contribution in [3.05, 3.63) is 45.4 Å². The van der Waals surface area contributed by atoms with Crippen LogP contribution in [0.3, 0.4) is 0 Å². The van der Waals surface area contributed by atoms with Gasteiger partial charge in [0.05, 0.1) is 18.2 Å². The van der Waals surface area contributed by atoms with Gasteiger partial charge < -0.3 is 4.74 Å². The topological polar surface area (TPSA) is 39.2 Å². The molecule has 0 saturated carbocycles. The first kappa shape index (κ1) is 14.7. The highest BCUT2D eigenvalue weighted by molar-refractivity contribution is 7.11. The van der Waals surface area contributed by atoms with Gasteiger partial charge >= 0.3 is 0 Å². The standard InChI is InChI=1S/C16H19NO2S/c1-10(2)19-14-7-5-6-13(8-14)15(18)9-16-17-11(3)12(4)20-16/h5-8,10H,9H2,1-4H3. The molecule has 0 aliphatic heterocycles. The molecule has 1 aromatic heterocycles. The number of hydrogen-bond acceptors (Lipinski definition) is 4. The molecule has 4 heteroatoms. The molecule has 0 unspecified atom stereocenters. The van der Waals surface area contributed by atoms with E-state index in [1.165, 1.54) is 4.88 Å². The van der Waals surface area contributed by atoms with Gasteiger partial charge in [0.2, 0.25) is 0 Å². The maximum absolute atomic E-state index is 12.3. The lowest BCUT2D eigenvalue weighted by molar-refractivity contribution is 0.0992. The molecule has 0 bridgehead atoms. The summed E-state index contributed by atoms with van der Waals surface area (Å²) in [7, 11) is 0. The molecule has 0 fully saturated rings. The molecule has 1 aromatic carbocycles. The highest BCUT2D eigenvalue weighted by Gasteiger charge is 2.12. The normalized spacial score (nSPS) is 10.8. The van der Waals surface area contributed by atoms with Crippen molar-refractivity contribution in [2.24, 2.45) is 0 Å². The van der Waals surface area contributed by atoms with Gasteiger partial charge in [-0.1, -0.05) is 12.1 Å². The van der Waals surface area contributed by atoms with Crippen LogP contribution in [0.25, 0.3) is 0 Å². The highest BCUT2D eigenvalue weighted by atomic mass is 32.1. The third-order valence-corrected chi connectivity index (χ3v) is 3.99. The molecular weight excluding hydrogens is 270 g/mol. The van der Waals surface area contributed by atoms with Gasteiger partial charge in [-0.2, -0.15) is 0 Å². The molecule has 2 rings (SSSR count). The predicted octanol–water partition coefficient (Wildman–Crippen LogP) is 3.97. The van der Waals surface area contributed by atoms with Crippen molar-refractivity contribution >= 4 is 17.1 Å². The smallest absolute Gasteiger partial charge is 0.169 e. The van der Waals surface area contributed by atoms with Gasteiger partial charge in [0.25, 0.3) is 0 Å². The minimum absolute atomic E-state index is 0.0768. The zero-order valence-corrected chi connectivity index (χ0v) is 13.1. The number of carbonyl (C=O) groups excluding carboxylic acids is 1. The number of Topliss-reactive ketones (excluding diaryl/α,β-unsaturated/α-hetero) is 1. The van der Waals surface area contributed by atoms with Crippen LogP contribution in [0.15, 0.2) is 24.3 Å². The fraction of sp³-hybridized carbons (Fsp3) is 0.375. The van der Waals surface area contributed by atoms with E-state index < -0.39 is 0 Å². The van der Waals surface area contributed by atoms with Crippen LogP contribution in [0.1, 0.15) is 39.8 Å². The average Bonchev–Trinajstić information content (AvgIpc) is 2.67. The van der Waals surface area contributed by atoms with Crippen LogP contribution in [0.5, 0.6) is 5.75 Å². The van der Waals surface area contributed by atoms with Crippen molar-refractivity contribution in [1.29, 1.82) is 0 Å². The summed E-state index contributed by atoms with van der Waals surface area (Å²) >= 11 is 1.59. The number of rotatable bonds is 5. The van der Waals surface area contributed by atoms with Crippen LogP contribution in [0, 0.1) is 13.8 Å². The number of aryl methyl sites for hydroxylation is 2. The Labute approximate surface area is 123 Å². The first-order valence-electron chi connectivity index (χ1n) is 6.68. The molecule has 0 aliphatic carbocycles. The number of ketones is 1. The van der Waals surface area contributed by atoms with Crippen molar-refractivity contribution in [2.75, 3.05) is 0 Å². The van der Waals surface area contributed by atoms with Gasteiger partial charge in [-0.15, -0.1) is 11.3 Å². The summed E-state index contributed by atoms with van der Waals surface area (Å²) in [5.41, 5.74) is 1.68. The second-order valence-corrected chi connectivity index (χ2v) is 6.33. The number of nitrogens with zero attached hydrogens (tertiary/aromatic N) is 1. The van der Waals surface area contributed by atoms with Crippen LogP contribution in [0.2, 0.25) is 0 Å². The molecule has 0 radical (unpaired) electrons. The largest absolute Gasteiger partial charge is 0.491 e. The van der Waals surface area contributed by atoms with E-state index in [2.05, 4.69) is 4.98 Å². The number of hydrogen-bond donors (Lipinski definition) is 0. The maximum atomic E-state index is 12.3. The lowest BCUT2D eigenvalue weighted by atomic mass is 10.1. The van der Waals surface area contributed by atoms with Crippen LogP contribution in [0.4, 0.5) is 0 Å². The summed E-state index contributed by atoms with van der Waals surface area (Å²) in [6, 6.07) is 7.34. The first-order valence-corrected chi connectivity index (χ1v) is 7.50. The first-order chi connectivity index (χ1) is 9.45. The molecule has 2 aromatic rings. The molecule has 0 saturated heterocycles. The Hall–Kier alpha value is -1.68. The van der Waals surface area contributed by atoms with Crippen LogP contribution in [-0.4, -0.2) is 16.9 Å². The molecule has 0 N–H and O–H groups in total. The summed E-state index contributed by atoms with van der Waals surface area (Å²) in [5.74, 6) is 0.810. The van der Waals surface area contributed by atoms with Crippen molar-refractivity contribution in [3.8, 4) is 5.75 Å². The number of benzene rings is 1. The fourth-order valence-corrected chi connectivity index (χ4v) is 2.80. The zero-order chi connectivity index (χ0) is 14.7. The Bertz CT molecular complexity index is 597. The number of carbonyl (C=O) groups is 1. The van der Waals surface area contributed by atoms with Gasteiger partial charge in [-0.05, 0) is 39.8 Å². The summed E-state index contributed by atoms with van der Waals surface area (Å²) in [4.78, 5) is 17.9. The lowest BCUT2D eigenvalue weighted by Crippen LogP contribution is -2.07. The molecule has 3 nitrogen and oxygen atoms in total. The van der Waals surface area contributed by atoms with Gasteiger partial charge in [0, 0.05) is 10.4 Å². The van der Waals surface area contributed by atoms with Crippen molar-refractivity contribution in [2.45, 2.75) is 40.2 Å². The van der Waals surface area contributed by atoms with E-state index in [1.54, 1.807) is 17.4 Å². The summed E-state index contributed by atoms with van der Waals surface area (Å²) in [5, 5.41) is 0.875. The van der Waals surface area contributed by atoms with E-state index in [0.29, 0.717) is 12.0 Å². The molecule has 106 valence electrons. The lowest BCUT2D eigenvalue weighted by Gasteiger charge is -2.10. The second-order valence-electron chi connectivity index (χ2n) is 5.04. The van der Waals surface area contributed by atoms with Crippen LogP contribution < -0.4 is 4.74 Å². The minimum Gasteiger partial charge on any atom is -0.491 e. The van der Waals surface area contributed by atoms with E-state index in [1.807, 2.05) is 45.9 Å². The fourth-order valence-electron chi connectivity index (χ4n) is 1.87. The van der Waals surface area contributed by atoms with Gasteiger partial charge in [-0.3, -0.25) is 4.79 Å². The van der Waals surface area contributed by atoms with Gasteiger partial charge in [0.1, 0.15) is 10.8 Å². The van der Waals surface area contributed by atoms with Crippen molar-refractivity contribution in [3.63, 3.8) is 0 Å².